The molecule has 5 heteroatoms. The lowest BCUT2D eigenvalue weighted by atomic mass is 10.1. The van der Waals surface area contributed by atoms with Crippen molar-refractivity contribution in [1.29, 1.82) is 0 Å². The van der Waals surface area contributed by atoms with Gasteiger partial charge in [0.15, 0.2) is 5.76 Å². The Kier molecular flexibility index (Phi) is 2.94. The third-order valence-electron chi connectivity index (χ3n) is 2.86. The molecule has 16 heavy (non-hydrogen) atoms. The van der Waals surface area contributed by atoms with Gasteiger partial charge in [-0.25, -0.2) is 0 Å². The van der Waals surface area contributed by atoms with Gasteiger partial charge in [-0.05, 0) is 31.4 Å². The van der Waals surface area contributed by atoms with Crippen molar-refractivity contribution in [3.05, 3.63) is 24.2 Å². The molecular weight excluding hydrogens is 210 g/mol. The molecule has 2 rings (SSSR count). The average molecular weight is 223 g/mol. The van der Waals surface area contributed by atoms with E-state index in [1.165, 1.54) is 6.26 Å². The Morgan fingerprint density at radius 1 is 1.44 bits per heavy atom. The summed E-state index contributed by atoms with van der Waals surface area (Å²) in [5.41, 5.74) is 0. The van der Waals surface area contributed by atoms with Crippen molar-refractivity contribution >= 4 is 11.9 Å². The van der Waals surface area contributed by atoms with E-state index in [9.17, 15) is 9.59 Å². The smallest absolute Gasteiger partial charge is 0.306 e. The van der Waals surface area contributed by atoms with Crippen LogP contribution in [0.2, 0.25) is 0 Å². The van der Waals surface area contributed by atoms with Gasteiger partial charge in [0.25, 0.3) is 5.91 Å². The minimum absolute atomic E-state index is 0.0568. The quantitative estimate of drug-likeness (QED) is 0.808. The minimum atomic E-state index is -0.783. The van der Waals surface area contributed by atoms with E-state index < -0.39 is 5.97 Å². The minimum Gasteiger partial charge on any atom is -0.481 e. The Balaban J connectivity index is 1.88. The molecule has 1 saturated carbocycles. The van der Waals surface area contributed by atoms with E-state index in [1.54, 1.807) is 12.1 Å². The maximum Gasteiger partial charge on any atom is 0.306 e. The van der Waals surface area contributed by atoms with Crippen molar-refractivity contribution in [1.82, 2.24) is 5.32 Å². The monoisotopic (exact) mass is 223 g/mol. The predicted molar refractivity (Wildman–Crippen MR) is 54.9 cm³/mol. The van der Waals surface area contributed by atoms with Gasteiger partial charge in [0.05, 0.1) is 12.2 Å². The van der Waals surface area contributed by atoms with Crippen LogP contribution in [0.5, 0.6) is 0 Å². The number of carboxylic acid groups (broad SMARTS) is 1. The summed E-state index contributed by atoms with van der Waals surface area (Å²) in [6.45, 7) is 0. The summed E-state index contributed by atoms with van der Waals surface area (Å²) in [6, 6.07) is 3.17. The number of carbonyl (C=O) groups excluding carboxylic acids is 1. The summed E-state index contributed by atoms with van der Waals surface area (Å²) in [6.07, 6.45) is 3.27. The highest BCUT2D eigenvalue weighted by Gasteiger charge is 2.30. The molecule has 0 aromatic carbocycles. The fourth-order valence-electron chi connectivity index (χ4n) is 2.00. The van der Waals surface area contributed by atoms with Crippen LogP contribution < -0.4 is 5.32 Å². The molecule has 1 aliphatic carbocycles. The van der Waals surface area contributed by atoms with Gasteiger partial charge in [-0.15, -0.1) is 0 Å². The Morgan fingerprint density at radius 3 is 2.81 bits per heavy atom. The van der Waals surface area contributed by atoms with Gasteiger partial charge in [-0.2, -0.15) is 0 Å². The van der Waals surface area contributed by atoms with Crippen molar-refractivity contribution in [3.63, 3.8) is 0 Å². The van der Waals surface area contributed by atoms with Gasteiger partial charge in [-0.1, -0.05) is 0 Å². The Labute approximate surface area is 92.4 Å². The van der Waals surface area contributed by atoms with Crippen molar-refractivity contribution in [3.8, 4) is 0 Å². The van der Waals surface area contributed by atoms with E-state index >= 15 is 0 Å². The Morgan fingerprint density at radius 2 is 2.25 bits per heavy atom. The molecular formula is C11H13NO4. The van der Waals surface area contributed by atoms with Crippen molar-refractivity contribution in [2.75, 3.05) is 0 Å². The Bertz CT molecular complexity index is 385. The molecule has 0 spiro atoms. The van der Waals surface area contributed by atoms with Crippen LogP contribution in [0.1, 0.15) is 29.8 Å². The first-order chi connectivity index (χ1) is 7.66. The average Bonchev–Trinajstić information content (AvgIpc) is 2.87. The summed E-state index contributed by atoms with van der Waals surface area (Å²) in [5, 5.41) is 11.6. The number of hydrogen-bond acceptors (Lipinski definition) is 3. The molecule has 0 aliphatic heterocycles. The van der Waals surface area contributed by atoms with Crippen molar-refractivity contribution < 1.29 is 19.1 Å². The van der Waals surface area contributed by atoms with Crippen LogP contribution in [0.4, 0.5) is 0 Å². The van der Waals surface area contributed by atoms with Gasteiger partial charge in [-0.3, -0.25) is 9.59 Å². The van der Waals surface area contributed by atoms with Gasteiger partial charge in [0.2, 0.25) is 0 Å². The zero-order chi connectivity index (χ0) is 11.5. The molecule has 5 nitrogen and oxygen atoms in total. The lowest BCUT2D eigenvalue weighted by Crippen LogP contribution is -2.33. The normalized spacial score (nSPS) is 24.2. The van der Waals surface area contributed by atoms with Crippen LogP contribution in [0.15, 0.2) is 22.8 Å². The summed E-state index contributed by atoms with van der Waals surface area (Å²) >= 11 is 0. The molecule has 1 aliphatic rings. The van der Waals surface area contributed by atoms with Crippen molar-refractivity contribution in [2.24, 2.45) is 5.92 Å². The molecule has 1 aromatic heterocycles. The predicted octanol–water partition coefficient (Wildman–Crippen LogP) is 1.26. The molecule has 0 saturated heterocycles. The number of aliphatic carboxylic acids is 1. The lowest BCUT2D eigenvalue weighted by Gasteiger charge is -2.10. The molecule has 0 bridgehead atoms. The van der Waals surface area contributed by atoms with Crippen LogP contribution >= 0.6 is 0 Å². The topological polar surface area (TPSA) is 79.5 Å². The zero-order valence-electron chi connectivity index (χ0n) is 8.68. The van der Waals surface area contributed by atoms with Gasteiger partial charge < -0.3 is 14.8 Å². The van der Waals surface area contributed by atoms with E-state index in [-0.39, 0.29) is 23.6 Å². The first kappa shape index (κ1) is 10.7. The number of amides is 1. The molecule has 1 fully saturated rings. The summed E-state index contributed by atoms with van der Waals surface area (Å²) in [7, 11) is 0. The van der Waals surface area contributed by atoms with E-state index in [2.05, 4.69) is 5.32 Å². The van der Waals surface area contributed by atoms with Crippen LogP contribution in [0, 0.1) is 5.92 Å². The molecule has 1 amide bonds. The van der Waals surface area contributed by atoms with Gasteiger partial charge in [0, 0.05) is 6.04 Å². The standard InChI is InChI=1S/C11H13NO4/c13-10(9-2-1-5-16-9)12-8-4-3-7(6-8)11(14)15/h1-2,5,7-8H,3-4,6H2,(H,12,13)(H,14,15)/t7-,8-/m1/s1. The van der Waals surface area contributed by atoms with Crippen LogP contribution in [-0.2, 0) is 4.79 Å². The summed E-state index contributed by atoms with van der Waals surface area (Å²) in [5.74, 6) is -1.13. The number of carbonyl (C=O) groups is 2. The summed E-state index contributed by atoms with van der Waals surface area (Å²) < 4.78 is 4.95. The van der Waals surface area contributed by atoms with E-state index in [0.29, 0.717) is 19.3 Å². The first-order valence-corrected chi connectivity index (χ1v) is 5.24. The van der Waals surface area contributed by atoms with Crippen LogP contribution in [0.3, 0.4) is 0 Å². The molecule has 2 atom stereocenters. The fraction of sp³-hybridized carbons (Fsp3) is 0.455. The maximum atomic E-state index is 11.6. The number of furan rings is 1. The molecule has 2 N–H and O–H groups in total. The molecule has 1 heterocycles. The van der Waals surface area contributed by atoms with E-state index in [4.69, 9.17) is 9.52 Å². The van der Waals surface area contributed by atoms with Crippen LogP contribution in [0.25, 0.3) is 0 Å². The third-order valence-corrected chi connectivity index (χ3v) is 2.86. The summed E-state index contributed by atoms with van der Waals surface area (Å²) in [4.78, 5) is 22.3. The highest BCUT2D eigenvalue weighted by Crippen LogP contribution is 2.25. The molecule has 0 radical (unpaired) electrons. The first-order valence-electron chi connectivity index (χ1n) is 5.24. The fourth-order valence-corrected chi connectivity index (χ4v) is 2.00. The zero-order valence-corrected chi connectivity index (χ0v) is 8.68. The lowest BCUT2D eigenvalue weighted by molar-refractivity contribution is -0.141. The second-order valence-corrected chi connectivity index (χ2v) is 4.00. The van der Waals surface area contributed by atoms with Gasteiger partial charge >= 0.3 is 5.97 Å². The largest absolute Gasteiger partial charge is 0.481 e. The van der Waals surface area contributed by atoms with Crippen molar-refractivity contribution in [2.45, 2.75) is 25.3 Å². The number of carboxylic acids is 1. The number of nitrogens with one attached hydrogen (secondary N) is 1. The molecule has 0 unspecified atom stereocenters. The number of rotatable bonds is 3. The molecule has 86 valence electrons. The number of hydrogen-bond donors (Lipinski definition) is 2. The third kappa shape index (κ3) is 2.24. The second kappa shape index (κ2) is 4.38. The molecule has 1 aromatic rings. The van der Waals surface area contributed by atoms with E-state index in [1.807, 2.05) is 0 Å². The van der Waals surface area contributed by atoms with Gasteiger partial charge in [0.1, 0.15) is 0 Å². The van der Waals surface area contributed by atoms with Crippen LogP contribution in [-0.4, -0.2) is 23.0 Å². The highest BCUT2D eigenvalue weighted by molar-refractivity contribution is 5.91. The maximum absolute atomic E-state index is 11.6. The van der Waals surface area contributed by atoms with E-state index in [0.717, 1.165) is 0 Å². The highest BCUT2D eigenvalue weighted by atomic mass is 16.4. The second-order valence-electron chi connectivity index (χ2n) is 4.00. The SMILES string of the molecule is O=C(N[C@@H]1CC[C@@H](C(=O)O)C1)c1ccco1. The Hall–Kier alpha value is -1.78.